The van der Waals surface area contributed by atoms with E-state index in [0.717, 1.165) is 44.1 Å². The van der Waals surface area contributed by atoms with Crippen molar-refractivity contribution in [3.05, 3.63) is 144 Å². The van der Waals surface area contributed by atoms with Gasteiger partial charge in [-0.15, -0.1) is 0 Å². The molecule has 0 saturated carbocycles. The minimum absolute atomic E-state index is 0.205. The standard InChI is InChI=1S/C49H48N6O4/c1-29(2)33-17-19-51-47(21-33)58-37-9-13-39(31(5)6)45(25-37)56-35-11-15-41-42-16-12-36(24-44(42)55(43(41)23-35)49-53-27-50-28-54-49)57-46-26-38(10-14-40(46)32(7)8)59-48-22-34(30(3)4)18-20-52-48/h9-32H,1-8H3. The van der Waals surface area contributed by atoms with Crippen molar-refractivity contribution in [2.45, 2.75) is 79.1 Å². The number of rotatable bonds is 13. The number of aromatic nitrogens is 6. The van der Waals surface area contributed by atoms with Crippen molar-refractivity contribution in [1.82, 2.24) is 29.5 Å². The van der Waals surface area contributed by atoms with Crippen molar-refractivity contribution in [2.75, 3.05) is 0 Å². The van der Waals surface area contributed by atoms with Crippen LogP contribution in [0.3, 0.4) is 0 Å². The third-order valence-electron chi connectivity index (χ3n) is 10.4. The molecule has 0 aliphatic rings. The fourth-order valence-electron chi connectivity index (χ4n) is 7.13. The van der Waals surface area contributed by atoms with Gasteiger partial charge < -0.3 is 18.9 Å². The molecule has 8 rings (SSSR count). The third-order valence-corrected chi connectivity index (χ3v) is 10.4. The molecule has 10 nitrogen and oxygen atoms in total. The fourth-order valence-corrected chi connectivity index (χ4v) is 7.13. The van der Waals surface area contributed by atoms with E-state index in [-0.39, 0.29) is 11.8 Å². The van der Waals surface area contributed by atoms with Gasteiger partial charge in [0.1, 0.15) is 47.2 Å². The predicted molar refractivity (Wildman–Crippen MR) is 232 cm³/mol. The van der Waals surface area contributed by atoms with Crippen LogP contribution in [0.15, 0.2) is 122 Å². The fraction of sp³-hybridized carbons (Fsp3) is 0.245. The van der Waals surface area contributed by atoms with E-state index in [0.29, 0.717) is 64.0 Å². The Morgan fingerprint density at radius 3 is 1.27 bits per heavy atom. The second-order valence-electron chi connectivity index (χ2n) is 15.9. The average molecular weight is 785 g/mol. The highest BCUT2D eigenvalue weighted by Gasteiger charge is 2.19. The van der Waals surface area contributed by atoms with E-state index in [1.807, 2.05) is 77.4 Å². The van der Waals surface area contributed by atoms with E-state index >= 15 is 0 Å². The van der Waals surface area contributed by atoms with Gasteiger partial charge in [-0.2, -0.15) is 0 Å². The Bertz CT molecular complexity index is 2590. The number of ether oxygens (including phenoxy) is 4. The monoisotopic (exact) mass is 784 g/mol. The molecule has 298 valence electrons. The molecule has 4 heterocycles. The lowest BCUT2D eigenvalue weighted by molar-refractivity contribution is 0.444. The highest BCUT2D eigenvalue weighted by atomic mass is 16.5. The molecule has 0 aliphatic heterocycles. The number of nitrogens with zero attached hydrogens (tertiary/aromatic N) is 6. The number of benzene rings is 4. The van der Waals surface area contributed by atoms with E-state index in [2.05, 4.69) is 105 Å². The van der Waals surface area contributed by atoms with Crippen LogP contribution in [0, 0.1) is 0 Å². The topological polar surface area (TPSA) is 106 Å². The molecule has 8 aromatic rings. The first-order chi connectivity index (χ1) is 28.5. The van der Waals surface area contributed by atoms with Gasteiger partial charge in [-0.05, 0) is 94.5 Å². The van der Waals surface area contributed by atoms with Gasteiger partial charge in [0.25, 0.3) is 0 Å². The molecule has 59 heavy (non-hydrogen) atoms. The van der Waals surface area contributed by atoms with Gasteiger partial charge in [0.2, 0.25) is 17.7 Å². The average Bonchev–Trinajstić information content (AvgIpc) is 3.54. The van der Waals surface area contributed by atoms with Crippen molar-refractivity contribution < 1.29 is 18.9 Å². The van der Waals surface area contributed by atoms with E-state index in [1.165, 1.54) is 12.7 Å². The van der Waals surface area contributed by atoms with Crippen LogP contribution in [0.2, 0.25) is 0 Å². The molecule has 0 spiro atoms. The quantitative estimate of drug-likeness (QED) is 0.113. The van der Waals surface area contributed by atoms with E-state index in [4.69, 9.17) is 18.9 Å². The summed E-state index contributed by atoms with van der Waals surface area (Å²) in [6.07, 6.45) is 6.56. The van der Waals surface area contributed by atoms with Crippen LogP contribution in [-0.2, 0) is 0 Å². The smallest absolute Gasteiger partial charge is 0.237 e. The summed E-state index contributed by atoms with van der Waals surface area (Å²) in [6.45, 7) is 17.2. The third kappa shape index (κ3) is 8.43. The minimum Gasteiger partial charge on any atom is -0.457 e. The van der Waals surface area contributed by atoms with Crippen LogP contribution >= 0.6 is 0 Å². The molecule has 0 unspecified atom stereocenters. The normalized spacial score (nSPS) is 11.7. The summed E-state index contributed by atoms with van der Waals surface area (Å²) >= 11 is 0. The molecule has 4 aromatic carbocycles. The summed E-state index contributed by atoms with van der Waals surface area (Å²) < 4.78 is 27.9. The maximum absolute atomic E-state index is 6.71. The summed E-state index contributed by atoms with van der Waals surface area (Å²) in [5.41, 5.74) is 6.15. The first-order valence-electron chi connectivity index (χ1n) is 20.1. The maximum Gasteiger partial charge on any atom is 0.237 e. The first kappa shape index (κ1) is 39.0. The molecule has 0 bridgehead atoms. The van der Waals surface area contributed by atoms with Crippen LogP contribution in [0.25, 0.3) is 27.8 Å². The van der Waals surface area contributed by atoms with Crippen molar-refractivity contribution in [2.24, 2.45) is 0 Å². The molecule has 0 radical (unpaired) electrons. The molecule has 0 aliphatic carbocycles. The van der Waals surface area contributed by atoms with Gasteiger partial charge in [0, 0.05) is 59.6 Å². The molecule has 4 aromatic heterocycles. The van der Waals surface area contributed by atoms with Gasteiger partial charge in [-0.25, -0.2) is 24.9 Å². The second-order valence-corrected chi connectivity index (χ2v) is 15.9. The number of hydrogen-bond donors (Lipinski definition) is 0. The maximum atomic E-state index is 6.71. The van der Waals surface area contributed by atoms with Crippen molar-refractivity contribution in [3.63, 3.8) is 0 Å². The predicted octanol–water partition coefficient (Wildman–Crippen LogP) is 13.4. The van der Waals surface area contributed by atoms with Gasteiger partial charge in [0.05, 0.1) is 11.0 Å². The zero-order valence-corrected chi connectivity index (χ0v) is 34.7. The Hall–Kier alpha value is -6.81. The van der Waals surface area contributed by atoms with E-state index in [1.54, 1.807) is 12.4 Å². The zero-order chi connectivity index (χ0) is 41.2. The lowest BCUT2D eigenvalue weighted by Crippen LogP contribution is -2.01. The Labute approximate surface area is 344 Å². The Morgan fingerprint density at radius 2 is 0.847 bits per heavy atom. The molecule has 0 N–H and O–H groups in total. The summed E-state index contributed by atoms with van der Waals surface area (Å²) in [4.78, 5) is 22.1. The lowest BCUT2D eigenvalue weighted by atomic mass is 10.0. The Kier molecular flexibility index (Phi) is 11.0. The van der Waals surface area contributed by atoms with Gasteiger partial charge in [0.15, 0.2) is 0 Å². The summed E-state index contributed by atoms with van der Waals surface area (Å²) in [6, 6.07) is 32.0. The minimum atomic E-state index is 0.205. The molecule has 0 fully saturated rings. The zero-order valence-electron chi connectivity index (χ0n) is 34.7. The molecule has 0 atom stereocenters. The summed E-state index contributed by atoms with van der Waals surface area (Å²) in [5.74, 6) is 6.65. The summed E-state index contributed by atoms with van der Waals surface area (Å²) in [7, 11) is 0. The van der Waals surface area contributed by atoms with Crippen molar-refractivity contribution in [1.29, 1.82) is 0 Å². The van der Waals surface area contributed by atoms with Crippen LogP contribution < -0.4 is 18.9 Å². The number of fused-ring (bicyclic) bond motifs is 3. The first-order valence-corrected chi connectivity index (χ1v) is 20.1. The van der Waals surface area contributed by atoms with Crippen molar-refractivity contribution in [3.8, 4) is 52.2 Å². The Balaban J connectivity index is 1.16. The molecule has 0 saturated heterocycles. The van der Waals surface area contributed by atoms with Crippen LogP contribution in [-0.4, -0.2) is 29.5 Å². The van der Waals surface area contributed by atoms with E-state index < -0.39 is 0 Å². The molecule has 0 amide bonds. The Morgan fingerprint density at radius 1 is 0.424 bits per heavy atom. The highest BCUT2D eigenvalue weighted by molar-refractivity contribution is 6.09. The summed E-state index contributed by atoms with van der Waals surface area (Å²) in [5, 5.41) is 2.01. The van der Waals surface area contributed by atoms with Crippen molar-refractivity contribution >= 4 is 21.8 Å². The van der Waals surface area contributed by atoms with E-state index in [9.17, 15) is 0 Å². The number of pyridine rings is 2. The van der Waals surface area contributed by atoms with Crippen LogP contribution in [0.1, 0.15) is 101 Å². The van der Waals surface area contributed by atoms with Crippen LogP contribution in [0.5, 0.6) is 46.3 Å². The molecular formula is C49H48N6O4. The van der Waals surface area contributed by atoms with Crippen LogP contribution in [0.4, 0.5) is 0 Å². The van der Waals surface area contributed by atoms with Gasteiger partial charge in [-0.1, -0.05) is 67.5 Å². The SMILES string of the molecule is CC(C)c1ccnc(Oc2ccc(C(C)C)c(Oc3ccc4c5ccc(Oc6cc(Oc7cc(C(C)C)ccn7)ccc6C(C)C)cc5n(-c5ncncn5)c4c3)c2)c1. The highest BCUT2D eigenvalue weighted by Crippen LogP contribution is 2.41. The largest absolute Gasteiger partial charge is 0.457 e. The molecule has 10 heteroatoms. The molecular weight excluding hydrogens is 737 g/mol. The lowest BCUT2D eigenvalue weighted by Gasteiger charge is -2.16. The van der Waals surface area contributed by atoms with Gasteiger partial charge in [-0.3, -0.25) is 4.57 Å². The second kappa shape index (κ2) is 16.6. The number of hydrogen-bond acceptors (Lipinski definition) is 9. The van der Waals surface area contributed by atoms with Gasteiger partial charge >= 0.3 is 0 Å².